The van der Waals surface area contributed by atoms with Crippen LogP contribution >= 0.6 is 0 Å². The Bertz CT molecular complexity index is 634. The molecular formula is C16H21N3O4. The summed E-state index contributed by atoms with van der Waals surface area (Å²) in [5.74, 6) is 0.663. The number of hydrogen-bond acceptors (Lipinski definition) is 4. The average molecular weight is 319 g/mol. The molecule has 1 aromatic rings. The van der Waals surface area contributed by atoms with Crippen LogP contribution < -0.4 is 15.4 Å². The van der Waals surface area contributed by atoms with E-state index < -0.39 is 5.41 Å². The lowest BCUT2D eigenvalue weighted by Gasteiger charge is -2.23. The maximum absolute atomic E-state index is 12.6. The van der Waals surface area contributed by atoms with E-state index in [0.717, 1.165) is 11.3 Å². The van der Waals surface area contributed by atoms with Crippen molar-refractivity contribution in [3.05, 3.63) is 23.8 Å². The number of amides is 3. The number of carbonyl (C=O) groups excluding carboxylic acids is 2. The maximum atomic E-state index is 12.6. The maximum Gasteiger partial charge on any atom is 0.317 e. The number of methoxy groups -OCH3 is 2. The first-order valence-electron chi connectivity index (χ1n) is 7.62. The van der Waals surface area contributed by atoms with Gasteiger partial charge in [0.1, 0.15) is 5.75 Å². The number of hydrogen-bond donors (Lipinski definition) is 2. The molecule has 23 heavy (non-hydrogen) atoms. The number of urea groups is 1. The highest BCUT2D eigenvalue weighted by molar-refractivity contribution is 6.07. The molecule has 124 valence electrons. The van der Waals surface area contributed by atoms with Crippen LogP contribution in [-0.2, 0) is 14.9 Å². The van der Waals surface area contributed by atoms with Crippen molar-refractivity contribution in [1.82, 2.24) is 10.2 Å². The Morgan fingerprint density at radius 1 is 1.43 bits per heavy atom. The average Bonchev–Trinajstić information content (AvgIpc) is 3.12. The predicted octanol–water partition coefficient (Wildman–Crippen LogP) is 0.947. The quantitative estimate of drug-likeness (QED) is 0.810. The summed E-state index contributed by atoms with van der Waals surface area (Å²) in [6, 6.07) is 5.40. The lowest BCUT2D eigenvalue weighted by molar-refractivity contribution is -0.120. The number of fused-ring (bicyclic) bond motifs is 2. The molecule has 0 saturated carbocycles. The van der Waals surface area contributed by atoms with Gasteiger partial charge in [-0.1, -0.05) is 0 Å². The van der Waals surface area contributed by atoms with E-state index in [1.54, 1.807) is 19.1 Å². The molecule has 1 aromatic carbocycles. The molecule has 0 aliphatic carbocycles. The van der Waals surface area contributed by atoms with Crippen molar-refractivity contribution in [2.45, 2.75) is 11.8 Å². The molecule has 2 aliphatic rings. The second-order valence-electron chi connectivity index (χ2n) is 5.84. The predicted molar refractivity (Wildman–Crippen MR) is 84.8 cm³/mol. The summed E-state index contributed by atoms with van der Waals surface area (Å²) < 4.78 is 10.2. The zero-order chi connectivity index (χ0) is 16.4. The molecule has 1 fully saturated rings. The van der Waals surface area contributed by atoms with Crippen molar-refractivity contribution in [2.75, 3.05) is 45.8 Å². The lowest BCUT2D eigenvalue weighted by atomic mass is 9.81. The molecule has 0 radical (unpaired) electrons. The monoisotopic (exact) mass is 319 g/mol. The van der Waals surface area contributed by atoms with Gasteiger partial charge in [0.15, 0.2) is 0 Å². The van der Waals surface area contributed by atoms with Crippen LogP contribution in [0.5, 0.6) is 5.75 Å². The van der Waals surface area contributed by atoms with Crippen LogP contribution in [0.2, 0.25) is 0 Å². The number of rotatable bonds is 4. The van der Waals surface area contributed by atoms with Gasteiger partial charge in [-0.3, -0.25) is 4.79 Å². The third kappa shape index (κ3) is 2.61. The number of nitrogens with zero attached hydrogens (tertiary/aromatic N) is 1. The minimum absolute atomic E-state index is 0.0482. The standard InChI is InChI=1S/C16H21N3O4/c1-22-8-6-17-15(21)19-7-5-16(10-19)12-9-11(23-2)3-4-13(12)18-14(16)20/h3-4,9H,5-8,10H2,1-2H3,(H,17,21)(H,18,20). The Morgan fingerprint density at radius 3 is 3.00 bits per heavy atom. The molecule has 3 amide bonds. The van der Waals surface area contributed by atoms with E-state index in [0.29, 0.717) is 38.4 Å². The second kappa shape index (κ2) is 6.08. The van der Waals surface area contributed by atoms with Crippen LogP contribution in [0.3, 0.4) is 0 Å². The Hall–Kier alpha value is -2.28. The molecule has 1 atom stereocenters. The van der Waals surface area contributed by atoms with Crippen LogP contribution in [0.25, 0.3) is 0 Å². The van der Waals surface area contributed by atoms with Gasteiger partial charge >= 0.3 is 6.03 Å². The number of anilines is 1. The van der Waals surface area contributed by atoms with Crippen molar-refractivity contribution in [3.63, 3.8) is 0 Å². The fraction of sp³-hybridized carbons (Fsp3) is 0.500. The van der Waals surface area contributed by atoms with Gasteiger partial charge < -0.3 is 25.0 Å². The number of ether oxygens (including phenoxy) is 2. The Morgan fingerprint density at radius 2 is 2.26 bits per heavy atom. The summed E-state index contributed by atoms with van der Waals surface area (Å²) in [6.07, 6.45) is 0.608. The highest BCUT2D eigenvalue weighted by Gasteiger charge is 2.52. The van der Waals surface area contributed by atoms with E-state index in [2.05, 4.69) is 10.6 Å². The number of likely N-dealkylation sites (tertiary alicyclic amines) is 1. The first-order chi connectivity index (χ1) is 11.1. The van der Waals surface area contributed by atoms with E-state index in [4.69, 9.17) is 9.47 Å². The fourth-order valence-electron chi connectivity index (χ4n) is 3.28. The van der Waals surface area contributed by atoms with E-state index in [9.17, 15) is 9.59 Å². The molecule has 1 unspecified atom stereocenters. The zero-order valence-electron chi connectivity index (χ0n) is 13.3. The third-order valence-electron chi connectivity index (χ3n) is 4.56. The summed E-state index contributed by atoms with van der Waals surface area (Å²) in [6.45, 7) is 1.83. The van der Waals surface area contributed by atoms with E-state index in [1.165, 1.54) is 0 Å². The van der Waals surface area contributed by atoms with Gasteiger partial charge in [-0.25, -0.2) is 4.79 Å². The van der Waals surface area contributed by atoms with Crippen LogP contribution in [0.15, 0.2) is 18.2 Å². The van der Waals surface area contributed by atoms with Gasteiger partial charge in [0.05, 0.1) is 19.1 Å². The molecular weight excluding hydrogens is 298 g/mol. The van der Waals surface area contributed by atoms with Crippen molar-refractivity contribution in [1.29, 1.82) is 0 Å². The van der Waals surface area contributed by atoms with Crippen LogP contribution in [0.1, 0.15) is 12.0 Å². The zero-order valence-corrected chi connectivity index (χ0v) is 13.3. The molecule has 7 nitrogen and oxygen atoms in total. The molecule has 3 rings (SSSR count). The highest BCUT2D eigenvalue weighted by atomic mass is 16.5. The molecule has 0 aromatic heterocycles. The first-order valence-corrected chi connectivity index (χ1v) is 7.62. The van der Waals surface area contributed by atoms with Crippen molar-refractivity contribution >= 4 is 17.6 Å². The SMILES string of the molecule is COCCNC(=O)N1CCC2(C1)C(=O)Nc1ccc(OC)cc12. The molecule has 2 aliphatic heterocycles. The number of nitrogens with one attached hydrogen (secondary N) is 2. The molecule has 2 heterocycles. The van der Waals surface area contributed by atoms with Crippen LogP contribution in [0.4, 0.5) is 10.5 Å². The smallest absolute Gasteiger partial charge is 0.317 e. The van der Waals surface area contributed by atoms with Crippen molar-refractivity contribution < 1.29 is 19.1 Å². The van der Waals surface area contributed by atoms with Gasteiger partial charge in [-0.2, -0.15) is 0 Å². The second-order valence-corrected chi connectivity index (χ2v) is 5.84. The first kappa shape index (κ1) is 15.6. The van der Waals surface area contributed by atoms with Crippen molar-refractivity contribution in [2.24, 2.45) is 0 Å². The Kier molecular flexibility index (Phi) is 4.12. The van der Waals surface area contributed by atoms with E-state index >= 15 is 0 Å². The summed E-state index contributed by atoms with van der Waals surface area (Å²) in [5, 5.41) is 5.72. The van der Waals surface area contributed by atoms with E-state index in [1.807, 2.05) is 18.2 Å². The number of carbonyl (C=O) groups is 2. The van der Waals surface area contributed by atoms with Gasteiger partial charge in [-0.05, 0) is 30.2 Å². The summed E-state index contributed by atoms with van der Waals surface area (Å²) in [5.41, 5.74) is 1.04. The third-order valence-corrected chi connectivity index (χ3v) is 4.56. The van der Waals surface area contributed by atoms with Gasteiger partial charge in [-0.15, -0.1) is 0 Å². The largest absolute Gasteiger partial charge is 0.497 e. The topological polar surface area (TPSA) is 79.9 Å². The number of benzene rings is 1. The summed E-state index contributed by atoms with van der Waals surface area (Å²) in [7, 11) is 3.19. The molecule has 1 spiro atoms. The minimum atomic E-state index is -0.678. The van der Waals surface area contributed by atoms with Crippen LogP contribution in [-0.4, -0.2) is 57.3 Å². The summed E-state index contributed by atoms with van der Waals surface area (Å²) in [4.78, 5) is 26.4. The Labute approximate surface area is 134 Å². The van der Waals surface area contributed by atoms with E-state index in [-0.39, 0.29) is 11.9 Å². The van der Waals surface area contributed by atoms with Crippen molar-refractivity contribution in [3.8, 4) is 5.75 Å². The summed E-state index contributed by atoms with van der Waals surface area (Å²) >= 11 is 0. The molecule has 0 bridgehead atoms. The van der Waals surface area contributed by atoms with Crippen LogP contribution in [0, 0.1) is 0 Å². The molecule has 1 saturated heterocycles. The normalized spacial score (nSPS) is 22.2. The lowest BCUT2D eigenvalue weighted by Crippen LogP contribution is -2.43. The van der Waals surface area contributed by atoms with Gasteiger partial charge in [0, 0.05) is 32.4 Å². The fourth-order valence-corrected chi connectivity index (χ4v) is 3.28. The Balaban J connectivity index is 1.79. The molecule has 7 heteroatoms. The highest BCUT2D eigenvalue weighted by Crippen LogP contribution is 2.45. The van der Waals surface area contributed by atoms with Gasteiger partial charge in [0.25, 0.3) is 0 Å². The molecule has 2 N–H and O–H groups in total. The minimum Gasteiger partial charge on any atom is -0.497 e. The van der Waals surface area contributed by atoms with Gasteiger partial charge in [0.2, 0.25) is 5.91 Å².